The topological polar surface area (TPSA) is 56.7 Å². The molecule has 1 aromatic rings. The molecule has 0 aromatic carbocycles. The highest BCUT2D eigenvalue weighted by atomic mass is 15.3. The SMILES string of the molecule is CC1CC(C)CC(n2cnc(CN)n2)C1. The Hall–Kier alpha value is -0.900. The lowest BCUT2D eigenvalue weighted by Gasteiger charge is -2.31. The standard InChI is InChI=1S/C11H20N4/c1-8-3-9(2)5-10(4-8)15-7-13-11(6-12)14-15/h7-10H,3-6,12H2,1-2H3. The van der Waals surface area contributed by atoms with Gasteiger partial charge < -0.3 is 5.73 Å². The lowest BCUT2D eigenvalue weighted by atomic mass is 9.80. The molecule has 0 bridgehead atoms. The Kier molecular flexibility index (Phi) is 3.05. The lowest BCUT2D eigenvalue weighted by Crippen LogP contribution is -2.23. The molecule has 1 aliphatic rings. The van der Waals surface area contributed by atoms with Crippen LogP contribution in [0.2, 0.25) is 0 Å². The van der Waals surface area contributed by atoms with Crippen LogP contribution in [-0.2, 0) is 6.54 Å². The van der Waals surface area contributed by atoms with E-state index in [1.165, 1.54) is 19.3 Å². The second-order valence-electron chi connectivity index (χ2n) is 4.92. The lowest BCUT2D eigenvalue weighted by molar-refractivity contribution is 0.209. The number of rotatable bonds is 2. The van der Waals surface area contributed by atoms with Crippen molar-refractivity contribution < 1.29 is 0 Å². The van der Waals surface area contributed by atoms with Crippen LogP contribution in [0.3, 0.4) is 0 Å². The Morgan fingerprint density at radius 1 is 1.33 bits per heavy atom. The number of nitrogens with two attached hydrogens (primary N) is 1. The summed E-state index contributed by atoms with van der Waals surface area (Å²) in [6.45, 7) is 5.08. The molecule has 1 aromatic heterocycles. The third-order valence-electron chi connectivity index (χ3n) is 3.27. The van der Waals surface area contributed by atoms with Gasteiger partial charge in [0.05, 0.1) is 12.6 Å². The normalized spacial score (nSPS) is 31.8. The molecule has 2 unspecified atom stereocenters. The first-order chi connectivity index (χ1) is 7.19. The number of nitrogens with zero attached hydrogens (tertiary/aromatic N) is 3. The summed E-state index contributed by atoms with van der Waals surface area (Å²) in [6.07, 6.45) is 5.61. The van der Waals surface area contributed by atoms with E-state index < -0.39 is 0 Å². The number of hydrogen-bond acceptors (Lipinski definition) is 3. The Labute approximate surface area is 90.9 Å². The summed E-state index contributed by atoms with van der Waals surface area (Å²) in [4.78, 5) is 4.19. The predicted molar refractivity (Wildman–Crippen MR) is 59.1 cm³/mol. The van der Waals surface area contributed by atoms with Crippen molar-refractivity contribution in [3.8, 4) is 0 Å². The molecule has 1 fully saturated rings. The van der Waals surface area contributed by atoms with E-state index in [0.717, 1.165) is 17.7 Å². The van der Waals surface area contributed by atoms with Gasteiger partial charge in [0.15, 0.2) is 5.82 Å². The molecule has 2 N–H and O–H groups in total. The van der Waals surface area contributed by atoms with Crippen LogP contribution in [0.5, 0.6) is 0 Å². The van der Waals surface area contributed by atoms with Gasteiger partial charge in [-0.2, -0.15) is 5.10 Å². The van der Waals surface area contributed by atoms with Crippen molar-refractivity contribution in [2.75, 3.05) is 0 Å². The maximum Gasteiger partial charge on any atom is 0.164 e. The summed E-state index contributed by atoms with van der Waals surface area (Å²) in [5, 5.41) is 4.40. The van der Waals surface area contributed by atoms with E-state index in [9.17, 15) is 0 Å². The third-order valence-corrected chi connectivity index (χ3v) is 3.27. The van der Waals surface area contributed by atoms with E-state index in [1.807, 2.05) is 11.0 Å². The average Bonchev–Trinajstić information content (AvgIpc) is 2.64. The molecule has 0 amide bonds. The van der Waals surface area contributed by atoms with E-state index in [0.29, 0.717) is 12.6 Å². The fourth-order valence-electron chi connectivity index (χ4n) is 2.70. The Morgan fingerprint density at radius 2 is 2.00 bits per heavy atom. The summed E-state index contributed by atoms with van der Waals surface area (Å²) in [5.74, 6) is 2.34. The van der Waals surface area contributed by atoms with Crippen LogP contribution in [0.25, 0.3) is 0 Å². The number of hydrogen-bond donors (Lipinski definition) is 1. The summed E-state index contributed by atoms with van der Waals surface area (Å²) >= 11 is 0. The van der Waals surface area contributed by atoms with Crippen LogP contribution in [-0.4, -0.2) is 14.8 Å². The summed E-state index contributed by atoms with van der Waals surface area (Å²) < 4.78 is 2.01. The summed E-state index contributed by atoms with van der Waals surface area (Å²) in [6, 6.07) is 0.525. The second-order valence-corrected chi connectivity index (χ2v) is 4.92. The molecule has 0 spiro atoms. The largest absolute Gasteiger partial charge is 0.324 e. The van der Waals surface area contributed by atoms with Crippen molar-refractivity contribution in [1.29, 1.82) is 0 Å². The second kappa shape index (κ2) is 4.31. The van der Waals surface area contributed by atoms with E-state index in [1.54, 1.807) is 0 Å². The highest BCUT2D eigenvalue weighted by Crippen LogP contribution is 2.35. The van der Waals surface area contributed by atoms with Gasteiger partial charge >= 0.3 is 0 Å². The van der Waals surface area contributed by atoms with Gasteiger partial charge in [0.1, 0.15) is 6.33 Å². The fraction of sp³-hybridized carbons (Fsp3) is 0.818. The van der Waals surface area contributed by atoms with E-state index in [4.69, 9.17) is 5.73 Å². The first-order valence-electron chi connectivity index (χ1n) is 5.79. The van der Waals surface area contributed by atoms with Gasteiger partial charge in [-0.3, -0.25) is 0 Å². The fourth-order valence-corrected chi connectivity index (χ4v) is 2.70. The Morgan fingerprint density at radius 3 is 2.53 bits per heavy atom. The van der Waals surface area contributed by atoms with Crippen molar-refractivity contribution in [1.82, 2.24) is 14.8 Å². The third kappa shape index (κ3) is 2.37. The van der Waals surface area contributed by atoms with Gasteiger partial charge in [0.2, 0.25) is 0 Å². The van der Waals surface area contributed by atoms with Crippen LogP contribution < -0.4 is 5.73 Å². The minimum Gasteiger partial charge on any atom is -0.324 e. The predicted octanol–water partition coefficient (Wildman–Crippen LogP) is 1.73. The quantitative estimate of drug-likeness (QED) is 0.805. The van der Waals surface area contributed by atoms with Crippen molar-refractivity contribution in [2.24, 2.45) is 17.6 Å². The van der Waals surface area contributed by atoms with Crippen LogP contribution in [0.15, 0.2) is 6.33 Å². The minimum atomic E-state index is 0.435. The van der Waals surface area contributed by atoms with Gasteiger partial charge in [0, 0.05) is 0 Å². The van der Waals surface area contributed by atoms with Gasteiger partial charge in [-0.05, 0) is 31.1 Å². The minimum absolute atomic E-state index is 0.435. The van der Waals surface area contributed by atoms with Crippen LogP contribution in [0, 0.1) is 11.8 Å². The molecule has 2 rings (SSSR count). The molecule has 1 heterocycles. The van der Waals surface area contributed by atoms with Gasteiger partial charge in [-0.1, -0.05) is 13.8 Å². The molecule has 1 saturated carbocycles. The molecule has 84 valence electrons. The highest BCUT2D eigenvalue weighted by Gasteiger charge is 2.25. The number of aromatic nitrogens is 3. The van der Waals surface area contributed by atoms with E-state index >= 15 is 0 Å². The maximum atomic E-state index is 5.51. The molecule has 4 nitrogen and oxygen atoms in total. The molecule has 0 aliphatic heterocycles. The average molecular weight is 208 g/mol. The van der Waals surface area contributed by atoms with Crippen LogP contribution in [0.4, 0.5) is 0 Å². The molecule has 1 aliphatic carbocycles. The molecule has 15 heavy (non-hydrogen) atoms. The van der Waals surface area contributed by atoms with Crippen molar-refractivity contribution >= 4 is 0 Å². The smallest absolute Gasteiger partial charge is 0.164 e. The van der Waals surface area contributed by atoms with Crippen molar-refractivity contribution in [2.45, 2.75) is 45.7 Å². The van der Waals surface area contributed by atoms with Gasteiger partial charge in [-0.25, -0.2) is 9.67 Å². The zero-order chi connectivity index (χ0) is 10.8. The first kappa shape index (κ1) is 10.6. The molecular formula is C11H20N4. The molecule has 2 atom stereocenters. The zero-order valence-corrected chi connectivity index (χ0v) is 9.56. The molecular weight excluding hydrogens is 188 g/mol. The highest BCUT2D eigenvalue weighted by molar-refractivity contribution is 4.85. The van der Waals surface area contributed by atoms with Crippen LogP contribution in [0.1, 0.15) is 45.0 Å². The van der Waals surface area contributed by atoms with Crippen molar-refractivity contribution in [3.63, 3.8) is 0 Å². The molecule has 0 radical (unpaired) electrons. The molecule has 4 heteroatoms. The van der Waals surface area contributed by atoms with Gasteiger partial charge in [0.25, 0.3) is 0 Å². The van der Waals surface area contributed by atoms with Gasteiger partial charge in [-0.15, -0.1) is 0 Å². The Balaban J connectivity index is 2.09. The maximum absolute atomic E-state index is 5.51. The zero-order valence-electron chi connectivity index (χ0n) is 9.56. The summed E-state index contributed by atoms with van der Waals surface area (Å²) in [5.41, 5.74) is 5.51. The molecule has 0 saturated heterocycles. The summed E-state index contributed by atoms with van der Waals surface area (Å²) in [7, 11) is 0. The monoisotopic (exact) mass is 208 g/mol. The van der Waals surface area contributed by atoms with Crippen LogP contribution >= 0.6 is 0 Å². The first-order valence-corrected chi connectivity index (χ1v) is 5.79. The van der Waals surface area contributed by atoms with Crippen molar-refractivity contribution in [3.05, 3.63) is 12.2 Å². The van der Waals surface area contributed by atoms with E-state index in [2.05, 4.69) is 23.9 Å². The Bertz CT molecular complexity index is 310. The van der Waals surface area contributed by atoms with E-state index in [-0.39, 0.29) is 0 Å².